The van der Waals surface area contributed by atoms with Crippen LogP contribution in [0.2, 0.25) is 0 Å². The summed E-state index contributed by atoms with van der Waals surface area (Å²) in [7, 11) is -3.27. The van der Waals surface area contributed by atoms with Crippen LogP contribution in [0.5, 0.6) is 0 Å². The van der Waals surface area contributed by atoms with Gasteiger partial charge in [0.05, 0.1) is 11.5 Å². The highest BCUT2D eigenvalue weighted by Gasteiger charge is 2.18. The highest BCUT2D eigenvalue weighted by atomic mass is 35.5. The van der Waals surface area contributed by atoms with Crippen molar-refractivity contribution < 1.29 is 13.2 Å². The van der Waals surface area contributed by atoms with Crippen LogP contribution < -0.4 is 10.6 Å². The molecule has 27 heavy (non-hydrogen) atoms. The highest BCUT2D eigenvalue weighted by molar-refractivity contribution is 7.89. The summed E-state index contributed by atoms with van der Waals surface area (Å²) in [6.45, 7) is 0.965. The number of hydrogen-bond acceptors (Lipinski definition) is 4. The van der Waals surface area contributed by atoms with E-state index in [1.807, 2.05) is 30.3 Å². The van der Waals surface area contributed by atoms with Crippen molar-refractivity contribution in [2.75, 3.05) is 11.9 Å². The normalized spacial score (nSPS) is 16.5. The van der Waals surface area contributed by atoms with Gasteiger partial charge >= 0.3 is 0 Å². The van der Waals surface area contributed by atoms with Gasteiger partial charge in [-0.1, -0.05) is 42.5 Å². The van der Waals surface area contributed by atoms with Gasteiger partial charge in [-0.15, -0.1) is 12.4 Å². The zero-order chi connectivity index (χ0) is 18.4. The number of anilines is 1. The lowest BCUT2D eigenvalue weighted by Crippen LogP contribution is -2.27. The summed E-state index contributed by atoms with van der Waals surface area (Å²) in [5.74, 6) is -0.0817. The monoisotopic (exact) mass is 408 g/mol. The average molecular weight is 409 g/mol. The van der Waals surface area contributed by atoms with Gasteiger partial charge in [0.25, 0.3) is 0 Å². The number of rotatable bonds is 7. The van der Waals surface area contributed by atoms with Crippen molar-refractivity contribution in [2.24, 2.45) is 0 Å². The Labute approximate surface area is 166 Å². The third-order valence-corrected chi connectivity index (χ3v) is 5.97. The molecular formula is C20H25ClN2O3S. The first kappa shape index (κ1) is 21.4. The van der Waals surface area contributed by atoms with Gasteiger partial charge in [-0.3, -0.25) is 4.79 Å². The van der Waals surface area contributed by atoms with E-state index in [-0.39, 0.29) is 35.9 Å². The van der Waals surface area contributed by atoms with Crippen LogP contribution in [0.25, 0.3) is 0 Å². The van der Waals surface area contributed by atoms with Crippen LogP contribution in [0, 0.1) is 0 Å². The van der Waals surface area contributed by atoms with Crippen molar-refractivity contribution in [3.63, 3.8) is 0 Å². The maximum Gasteiger partial charge on any atom is 0.225 e. The first-order chi connectivity index (χ1) is 12.5. The average Bonchev–Trinajstić information content (AvgIpc) is 3.08. The van der Waals surface area contributed by atoms with Crippen molar-refractivity contribution in [3.8, 4) is 0 Å². The van der Waals surface area contributed by atoms with E-state index in [0.717, 1.165) is 24.9 Å². The first-order valence-corrected chi connectivity index (χ1v) is 10.7. The van der Waals surface area contributed by atoms with E-state index < -0.39 is 9.84 Å². The highest BCUT2D eigenvalue weighted by Crippen LogP contribution is 2.17. The lowest BCUT2D eigenvalue weighted by molar-refractivity contribution is -0.116. The zero-order valence-corrected chi connectivity index (χ0v) is 16.7. The Hall–Kier alpha value is -1.89. The van der Waals surface area contributed by atoms with Gasteiger partial charge < -0.3 is 10.6 Å². The predicted octanol–water partition coefficient (Wildman–Crippen LogP) is 3.30. The van der Waals surface area contributed by atoms with Gasteiger partial charge in [0.2, 0.25) is 5.91 Å². The number of carbonyl (C=O) groups excluding carboxylic acids is 1. The molecule has 0 aromatic heterocycles. The molecular weight excluding hydrogens is 384 g/mol. The largest absolute Gasteiger partial charge is 0.326 e. The predicted molar refractivity (Wildman–Crippen MR) is 111 cm³/mol. The number of hydrogen-bond donors (Lipinski definition) is 2. The molecule has 2 aromatic carbocycles. The first-order valence-electron chi connectivity index (χ1n) is 8.87. The molecule has 1 saturated heterocycles. The molecule has 1 aliphatic rings. The maximum atomic E-state index is 12.4. The van der Waals surface area contributed by atoms with Gasteiger partial charge in [-0.25, -0.2) is 8.42 Å². The van der Waals surface area contributed by atoms with Crippen LogP contribution in [0.4, 0.5) is 5.69 Å². The molecule has 1 heterocycles. The molecule has 2 aromatic rings. The summed E-state index contributed by atoms with van der Waals surface area (Å²) in [4.78, 5) is 12.1. The fourth-order valence-corrected chi connectivity index (χ4v) is 4.73. The Morgan fingerprint density at radius 2 is 1.74 bits per heavy atom. The molecule has 1 fully saturated rings. The Kier molecular flexibility index (Phi) is 7.83. The molecule has 5 nitrogen and oxygen atoms in total. The number of amides is 1. The number of nitrogens with one attached hydrogen (secondary N) is 2. The third kappa shape index (κ3) is 6.97. The van der Waals surface area contributed by atoms with Crippen LogP contribution in [0.1, 0.15) is 30.4 Å². The standard InChI is InChI=1S/C20H24N2O3S.ClH/c23-20(13-18-10-5-11-21-18)22-19-9-4-8-17(12-19)15-26(24,25)14-16-6-2-1-3-7-16;/h1-4,6-9,12,18,21H,5,10-11,13-15H2,(H,22,23);1H. The number of halogens is 1. The van der Waals surface area contributed by atoms with Crippen LogP contribution in [0.15, 0.2) is 54.6 Å². The molecule has 0 radical (unpaired) electrons. The van der Waals surface area contributed by atoms with Crippen LogP contribution in [0.3, 0.4) is 0 Å². The van der Waals surface area contributed by atoms with Gasteiger partial charge in [-0.05, 0) is 42.6 Å². The van der Waals surface area contributed by atoms with Crippen LogP contribution in [-0.2, 0) is 26.1 Å². The van der Waals surface area contributed by atoms with Gasteiger partial charge in [0.15, 0.2) is 9.84 Å². The van der Waals surface area contributed by atoms with Gasteiger partial charge in [-0.2, -0.15) is 0 Å². The lowest BCUT2D eigenvalue weighted by Gasteiger charge is -2.11. The second-order valence-electron chi connectivity index (χ2n) is 6.76. The molecule has 146 valence electrons. The minimum Gasteiger partial charge on any atom is -0.326 e. The second kappa shape index (κ2) is 9.88. The van der Waals surface area contributed by atoms with E-state index >= 15 is 0 Å². The van der Waals surface area contributed by atoms with E-state index in [1.165, 1.54) is 0 Å². The van der Waals surface area contributed by atoms with Crippen molar-refractivity contribution in [2.45, 2.75) is 36.8 Å². The molecule has 0 saturated carbocycles. The molecule has 1 unspecified atom stereocenters. The number of benzene rings is 2. The molecule has 2 N–H and O–H groups in total. The Bertz CT molecular complexity index is 851. The minimum absolute atomic E-state index is 0. The van der Waals surface area contributed by atoms with E-state index in [2.05, 4.69) is 10.6 Å². The quantitative estimate of drug-likeness (QED) is 0.737. The summed E-state index contributed by atoms with van der Waals surface area (Å²) in [6.07, 6.45) is 2.56. The number of sulfone groups is 1. The van der Waals surface area contributed by atoms with Gasteiger partial charge in [0, 0.05) is 18.2 Å². The topological polar surface area (TPSA) is 75.3 Å². The smallest absolute Gasteiger partial charge is 0.225 e. The minimum atomic E-state index is -3.27. The molecule has 1 aliphatic heterocycles. The lowest BCUT2D eigenvalue weighted by atomic mass is 10.1. The molecule has 7 heteroatoms. The van der Waals surface area contributed by atoms with Crippen molar-refractivity contribution >= 4 is 33.8 Å². The Morgan fingerprint density at radius 3 is 2.44 bits per heavy atom. The van der Waals surface area contributed by atoms with Crippen molar-refractivity contribution in [3.05, 3.63) is 65.7 Å². The van der Waals surface area contributed by atoms with E-state index in [4.69, 9.17) is 0 Å². The van der Waals surface area contributed by atoms with Gasteiger partial charge in [0.1, 0.15) is 0 Å². The summed E-state index contributed by atoms with van der Waals surface area (Å²) < 4.78 is 24.9. The molecule has 1 atom stereocenters. The zero-order valence-electron chi connectivity index (χ0n) is 15.1. The summed E-state index contributed by atoms with van der Waals surface area (Å²) in [6, 6.07) is 16.5. The molecule has 0 aliphatic carbocycles. The van der Waals surface area contributed by atoms with Crippen molar-refractivity contribution in [1.29, 1.82) is 0 Å². The fourth-order valence-electron chi connectivity index (χ4n) is 3.24. The molecule has 0 bridgehead atoms. The molecule has 3 rings (SSSR count). The number of carbonyl (C=O) groups is 1. The van der Waals surface area contributed by atoms with E-state index in [0.29, 0.717) is 17.7 Å². The summed E-state index contributed by atoms with van der Waals surface area (Å²) >= 11 is 0. The van der Waals surface area contributed by atoms with Crippen LogP contribution in [-0.4, -0.2) is 26.9 Å². The fraction of sp³-hybridized carbons (Fsp3) is 0.350. The molecule has 0 spiro atoms. The molecule has 1 amide bonds. The van der Waals surface area contributed by atoms with E-state index in [1.54, 1.807) is 24.3 Å². The second-order valence-corrected chi connectivity index (χ2v) is 8.83. The van der Waals surface area contributed by atoms with Crippen LogP contribution >= 0.6 is 12.4 Å². The van der Waals surface area contributed by atoms with Crippen molar-refractivity contribution in [1.82, 2.24) is 5.32 Å². The summed E-state index contributed by atoms with van der Waals surface area (Å²) in [5, 5.41) is 6.17. The Balaban J connectivity index is 0.00000261. The van der Waals surface area contributed by atoms with E-state index in [9.17, 15) is 13.2 Å². The summed E-state index contributed by atoms with van der Waals surface area (Å²) in [5.41, 5.74) is 2.10. The Morgan fingerprint density at radius 1 is 1.04 bits per heavy atom. The SMILES string of the molecule is Cl.O=C(CC1CCCN1)Nc1cccc(CS(=O)(=O)Cc2ccccc2)c1. The third-order valence-electron chi connectivity index (χ3n) is 4.42. The maximum absolute atomic E-state index is 12.4.